The Morgan fingerprint density at radius 1 is 1.27 bits per heavy atom. The number of rotatable bonds is 2. The first-order valence-electron chi connectivity index (χ1n) is 6.28. The zero-order valence-electron chi connectivity index (χ0n) is 12.1. The van der Waals surface area contributed by atoms with Crippen LogP contribution in [-0.2, 0) is 9.59 Å². The lowest BCUT2D eigenvalue weighted by Crippen LogP contribution is -2.37. The van der Waals surface area contributed by atoms with Crippen molar-refractivity contribution in [1.29, 1.82) is 0 Å². The molecule has 2 rings (SSSR count). The number of halogens is 2. The van der Waals surface area contributed by atoms with Gasteiger partial charge in [0.1, 0.15) is 11.4 Å². The molecule has 0 unspecified atom stereocenters. The van der Waals surface area contributed by atoms with Gasteiger partial charge in [-0.25, -0.2) is 8.78 Å². The van der Waals surface area contributed by atoms with E-state index in [0.29, 0.717) is 17.1 Å². The molecule has 0 saturated carbocycles. The lowest BCUT2D eigenvalue weighted by Gasteiger charge is -2.16. The smallest absolute Gasteiger partial charge is 0.316 e. The molecule has 0 atom stereocenters. The summed E-state index contributed by atoms with van der Waals surface area (Å²) < 4.78 is 31.5. The van der Waals surface area contributed by atoms with Gasteiger partial charge in [-0.1, -0.05) is 11.2 Å². The Morgan fingerprint density at radius 3 is 2.55 bits per heavy atom. The zero-order chi connectivity index (χ0) is 16.4. The molecule has 8 heteroatoms. The minimum absolute atomic E-state index is 0.347. The standard InChI is InChI=1S/C14H13F2N3O3/c1-7-12(8(2)22-18-7)19(3)14(21)13(20)17-10-6-4-5-9(15)11(10)16/h4-6H,1-3H3,(H,17,20). The quantitative estimate of drug-likeness (QED) is 0.863. The van der Waals surface area contributed by atoms with Crippen LogP contribution in [0.3, 0.4) is 0 Å². The number of hydrogen-bond donors (Lipinski definition) is 1. The van der Waals surface area contributed by atoms with E-state index in [-0.39, 0.29) is 0 Å². The summed E-state index contributed by atoms with van der Waals surface area (Å²) in [5.41, 5.74) is 0.364. The minimum Gasteiger partial charge on any atom is -0.359 e. The molecule has 0 saturated heterocycles. The van der Waals surface area contributed by atoms with E-state index in [2.05, 4.69) is 5.16 Å². The summed E-state index contributed by atoms with van der Waals surface area (Å²) >= 11 is 0. The van der Waals surface area contributed by atoms with Crippen molar-refractivity contribution in [2.24, 2.45) is 0 Å². The molecule has 6 nitrogen and oxygen atoms in total. The molecule has 0 fully saturated rings. The van der Waals surface area contributed by atoms with Crippen LogP contribution >= 0.6 is 0 Å². The number of benzene rings is 1. The van der Waals surface area contributed by atoms with Crippen LogP contribution in [0, 0.1) is 25.5 Å². The molecule has 116 valence electrons. The predicted octanol–water partition coefficient (Wildman–Crippen LogP) is 2.17. The van der Waals surface area contributed by atoms with Crippen LogP contribution in [0.15, 0.2) is 22.7 Å². The second kappa shape index (κ2) is 5.92. The van der Waals surface area contributed by atoms with Gasteiger partial charge >= 0.3 is 11.8 Å². The van der Waals surface area contributed by atoms with E-state index >= 15 is 0 Å². The average molecular weight is 309 g/mol. The van der Waals surface area contributed by atoms with Gasteiger partial charge < -0.3 is 14.7 Å². The van der Waals surface area contributed by atoms with Crippen LogP contribution in [-0.4, -0.2) is 24.0 Å². The zero-order valence-corrected chi connectivity index (χ0v) is 12.1. The number of likely N-dealkylation sites (N-methyl/N-ethyl adjacent to an activating group) is 1. The summed E-state index contributed by atoms with van der Waals surface area (Å²) in [6.07, 6.45) is 0. The van der Waals surface area contributed by atoms with Crippen LogP contribution in [0.4, 0.5) is 20.2 Å². The van der Waals surface area contributed by atoms with Crippen LogP contribution in [0.2, 0.25) is 0 Å². The van der Waals surface area contributed by atoms with Gasteiger partial charge in [0.15, 0.2) is 17.4 Å². The maximum atomic E-state index is 13.5. The van der Waals surface area contributed by atoms with Crippen LogP contribution in [0.1, 0.15) is 11.5 Å². The topological polar surface area (TPSA) is 75.4 Å². The fraction of sp³-hybridized carbons (Fsp3) is 0.214. The summed E-state index contributed by atoms with van der Waals surface area (Å²) in [5.74, 6) is -4.06. The highest BCUT2D eigenvalue weighted by atomic mass is 19.2. The molecule has 0 bridgehead atoms. The maximum absolute atomic E-state index is 13.5. The van der Waals surface area contributed by atoms with E-state index < -0.39 is 29.1 Å². The molecule has 0 aliphatic rings. The third-order valence-corrected chi connectivity index (χ3v) is 3.03. The number of aryl methyl sites for hydroxylation is 2. The lowest BCUT2D eigenvalue weighted by molar-refractivity contribution is -0.134. The Kier molecular flexibility index (Phi) is 4.20. The number of carbonyl (C=O) groups excluding carboxylic acids is 2. The van der Waals surface area contributed by atoms with Crippen molar-refractivity contribution in [1.82, 2.24) is 5.16 Å². The first kappa shape index (κ1) is 15.6. The SMILES string of the molecule is Cc1noc(C)c1N(C)C(=O)C(=O)Nc1cccc(F)c1F. The predicted molar refractivity (Wildman–Crippen MR) is 74.4 cm³/mol. The molecular formula is C14H13F2N3O3. The van der Waals surface area contributed by atoms with Gasteiger partial charge in [0, 0.05) is 7.05 Å². The van der Waals surface area contributed by atoms with Crippen molar-refractivity contribution < 1.29 is 22.9 Å². The largest absolute Gasteiger partial charge is 0.359 e. The monoisotopic (exact) mass is 309 g/mol. The number of aromatic nitrogens is 1. The molecule has 0 aliphatic carbocycles. The van der Waals surface area contributed by atoms with Crippen molar-refractivity contribution in [3.05, 3.63) is 41.3 Å². The number of hydrogen-bond acceptors (Lipinski definition) is 4. The number of amides is 2. The number of nitrogens with one attached hydrogen (secondary N) is 1. The van der Waals surface area contributed by atoms with Crippen molar-refractivity contribution >= 4 is 23.2 Å². The van der Waals surface area contributed by atoms with Crippen LogP contribution in [0.25, 0.3) is 0 Å². The highest BCUT2D eigenvalue weighted by molar-refractivity contribution is 6.44. The Morgan fingerprint density at radius 2 is 1.95 bits per heavy atom. The summed E-state index contributed by atoms with van der Waals surface area (Å²) in [7, 11) is 1.36. The van der Waals surface area contributed by atoms with Gasteiger partial charge in [-0.2, -0.15) is 0 Å². The van der Waals surface area contributed by atoms with E-state index in [4.69, 9.17) is 4.52 Å². The molecule has 1 heterocycles. The minimum atomic E-state index is -1.23. The second-order valence-corrected chi connectivity index (χ2v) is 4.59. The molecular weight excluding hydrogens is 296 g/mol. The molecule has 0 radical (unpaired) electrons. The Bertz CT molecular complexity index is 723. The van der Waals surface area contributed by atoms with Crippen LogP contribution < -0.4 is 10.2 Å². The molecule has 2 aromatic rings. The summed E-state index contributed by atoms with van der Waals surface area (Å²) in [5, 5.41) is 5.71. The third kappa shape index (κ3) is 2.80. The summed E-state index contributed by atoms with van der Waals surface area (Å²) in [4.78, 5) is 25.0. The molecule has 1 aromatic heterocycles. The highest BCUT2D eigenvalue weighted by Gasteiger charge is 2.25. The van der Waals surface area contributed by atoms with Gasteiger partial charge in [-0.15, -0.1) is 0 Å². The van der Waals surface area contributed by atoms with Crippen molar-refractivity contribution in [2.45, 2.75) is 13.8 Å². The molecule has 2 amide bonds. The van der Waals surface area contributed by atoms with E-state index in [9.17, 15) is 18.4 Å². The summed E-state index contributed by atoms with van der Waals surface area (Å²) in [6.45, 7) is 3.20. The van der Waals surface area contributed by atoms with E-state index in [0.717, 1.165) is 17.0 Å². The van der Waals surface area contributed by atoms with Crippen molar-refractivity contribution in [3.8, 4) is 0 Å². The van der Waals surface area contributed by atoms with E-state index in [1.54, 1.807) is 13.8 Å². The third-order valence-electron chi connectivity index (χ3n) is 3.03. The first-order valence-corrected chi connectivity index (χ1v) is 6.28. The number of anilines is 2. The van der Waals surface area contributed by atoms with E-state index in [1.807, 2.05) is 5.32 Å². The second-order valence-electron chi connectivity index (χ2n) is 4.59. The van der Waals surface area contributed by atoms with Crippen molar-refractivity contribution in [3.63, 3.8) is 0 Å². The molecule has 1 aromatic carbocycles. The molecule has 22 heavy (non-hydrogen) atoms. The van der Waals surface area contributed by atoms with Gasteiger partial charge in [0.25, 0.3) is 0 Å². The Balaban J connectivity index is 2.19. The number of carbonyl (C=O) groups is 2. The fourth-order valence-corrected chi connectivity index (χ4v) is 1.99. The Hall–Kier alpha value is -2.77. The number of nitrogens with zero attached hydrogens (tertiary/aromatic N) is 2. The molecule has 0 aliphatic heterocycles. The van der Waals surface area contributed by atoms with Gasteiger partial charge in [0.2, 0.25) is 0 Å². The molecule has 1 N–H and O–H groups in total. The maximum Gasteiger partial charge on any atom is 0.316 e. The first-order chi connectivity index (χ1) is 10.3. The highest BCUT2D eigenvalue weighted by Crippen LogP contribution is 2.23. The van der Waals surface area contributed by atoms with Gasteiger partial charge in [-0.3, -0.25) is 9.59 Å². The van der Waals surface area contributed by atoms with Crippen LogP contribution in [0.5, 0.6) is 0 Å². The van der Waals surface area contributed by atoms with Crippen molar-refractivity contribution in [2.75, 3.05) is 17.3 Å². The van der Waals surface area contributed by atoms with E-state index in [1.165, 1.54) is 13.1 Å². The van der Waals surface area contributed by atoms with Gasteiger partial charge in [-0.05, 0) is 26.0 Å². The normalized spacial score (nSPS) is 10.4. The Labute approximate surface area is 124 Å². The van der Waals surface area contributed by atoms with Gasteiger partial charge in [0.05, 0.1) is 5.69 Å². The average Bonchev–Trinajstić information content (AvgIpc) is 2.81. The summed E-state index contributed by atoms with van der Waals surface area (Å²) in [6, 6.07) is 3.28. The molecule has 0 spiro atoms. The fourth-order valence-electron chi connectivity index (χ4n) is 1.99. The lowest BCUT2D eigenvalue weighted by atomic mass is 10.2.